The number of hydrogen-bond donors (Lipinski definition) is 1. The highest BCUT2D eigenvalue weighted by Crippen LogP contribution is 2.42. The fourth-order valence-corrected chi connectivity index (χ4v) is 4.57. The van der Waals surface area contributed by atoms with Gasteiger partial charge >= 0.3 is 0 Å². The van der Waals surface area contributed by atoms with Crippen molar-refractivity contribution >= 4 is 28.7 Å². The summed E-state index contributed by atoms with van der Waals surface area (Å²) in [6.07, 6.45) is 3.24. The molecule has 1 N–H and O–H groups in total. The van der Waals surface area contributed by atoms with Gasteiger partial charge in [0.25, 0.3) is 5.91 Å². The summed E-state index contributed by atoms with van der Waals surface area (Å²) in [6, 6.07) is 8.41. The fraction of sp³-hybridized carbons (Fsp3) is 0.217. The minimum Gasteiger partial charge on any atom is -0.503 e. The number of aliphatic hydroxyl groups is 1. The molecule has 3 heterocycles. The van der Waals surface area contributed by atoms with Crippen molar-refractivity contribution in [2.75, 3.05) is 4.90 Å². The normalized spacial score (nSPS) is 16.5. The Labute approximate surface area is 178 Å². The summed E-state index contributed by atoms with van der Waals surface area (Å²) in [7, 11) is 0. The van der Waals surface area contributed by atoms with Crippen molar-refractivity contribution in [3.63, 3.8) is 0 Å². The lowest BCUT2D eigenvalue weighted by atomic mass is 9.95. The maximum Gasteiger partial charge on any atom is 0.294 e. The number of carbonyl (C=O) groups is 2. The third-order valence-corrected chi connectivity index (χ3v) is 6.40. The second kappa shape index (κ2) is 7.50. The van der Waals surface area contributed by atoms with Crippen LogP contribution in [0, 0.1) is 27.7 Å². The van der Waals surface area contributed by atoms with Gasteiger partial charge in [-0.1, -0.05) is 12.1 Å². The van der Waals surface area contributed by atoms with Gasteiger partial charge < -0.3 is 5.11 Å². The zero-order valence-corrected chi connectivity index (χ0v) is 17.9. The van der Waals surface area contributed by atoms with Crippen LogP contribution in [0.4, 0.5) is 5.69 Å². The van der Waals surface area contributed by atoms with Crippen molar-refractivity contribution in [3.8, 4) is 0 Å². The Kier molecular flexibility index (Phi) is 4.99. The molecule has 7 heteroatoms. The number of anilines is 1. The predicted octanol–water partition coefficient (Wildman–Crippen LogP) is 4.55. The standard InChI is InChI=1S/C23H21N3O3S/c1-12-7-8-17(10-13(12)2)26-19(16-6-5-9-24-11-16)18(21(28)23(26)29)20(27)22-14(3)25-15(4)30-22/h5-11,19,28H,1-4H3. The number of pyridine rings is 1. The Balaban J connectivity index is 1.90. The number of benzene rings is 1. The SMILES string of the molecule is Cc1nc(C)c(C(=O)C2=C(O)C(=O)N(c3ccc(C)c(C)c3)C2c2cccnc2)s1. The molecule has 1 amide bonds. The topological polar surface area (TPSA) is 83.4 Å². The lowest BCUT2D eigenvalue weighted by Crippen LogP contribution is -2.31. The van der Waals surface area contributed by atoms with Crippen LogP contribution in [-0.2, 0) is 4.79 Å². The third kappa shape index (κ3) is 3.21. The van der Waals surface area contributed by atoms with Crippen LogP contribution in [0.1, 0.15) is 43.1 Å². The van der Waals surface area contributed by atoms with Gasteiger partial charge in [-0.05, 0) is 62.6 Å². The van der Waals surface area contributed by atoms with Gasteiger partial charge in [-0.2, -0.15) is 0 Å². The van der Waals surface area contributed by atoms with Gasteiger partial charge in [0.1, 0.15) is 0 Å². The molecule has 0 fully saturated rings. The van der Waals surface area contributed by atoms with E-state index < -0.39 is 17.7 Å². The summed E-state index contributed by atoms with van der Waals surface area (Å²) in [6.45, 7) is 7.53. The molecule has 1 aliphatic rings. The first kappa shape index (κ1) is 20.0. The van der Waals surface area contributed by atoms with Crippen LogP contribution in [-0.4, -0.2) is 26.8 Å². The highest BCUT2D eigenvalue weighted by Gasteiger charge is 2.45. The average Bonchev–Trinajstić information content (AvgIpc) is 3.20. The molecule has 1 atom stereocenters. The van der Waals surface area contributed by atoms with E-state index in [9.17, 15) is 14.7 Å². The maximum atomic E-state index is 13.5. The molecule has 1 aliphatic heterocycles. The van der Waals surface area contributed by atoms with Crippen LogP contribution in [0.25, 0.3) is 0 Å². The summed E-state index contributed by atoms with van der Waals surface area (Å²) in [5, 5.41) is 11.6. The quantitative estimate of drug-likeness (QED) is 0.627. The van der Waals surface area contributed by atoms with Crippen LogP contribution >= 0.6 is 11.3 Å². The second-order valence-corrected chi connectivity index (χ2v) is 8.57. The Morgan fingerprint density at radius 1 is 1.13 bits per heavy atom. The van der Waals surface area contributed by atoms with E-state index in [0.29, 0.717) is 21.8 Å². The van der Waals surface area contributed by atoms with Crippen molar-refractivity contribution in [1.29, 1.82) is 0 Å². The van der Waals surface area contributed by atoms with Crippen LogP contribution < -0.4 is 4.90 Å². The van der Waals surface area contributed by atoms with Crippen LogP contribution in [0.15, 0.2) is 54.1 Å². The van der Waals surface area contributed by atoms with E-state index in [2.05, 4.69) is 9.97 Å². The zero-order valence-electron chi connectivity index (χ0n) is 17.1. The van der Waals surface area contributed by atoms with Gasteiger partial charge in [0, 0.05) is 18.1 Å². The second-order valence-electron chi connectivity index (χ2n) is 7.37. The molecule has 30 heavy (non-hydrogen) atoms. The van der Waals surface area contributed by atoms with E-state index in [1.54, 1.807) is 31.5 Å². The van der Waals surface area contributed by atoms with Crippen LogP contribution in [0.5, 0.6) is 0 Å². The van der Waals surface area contributed by atoms with Gasteiger partial charge in [-0.3, -0.25) is 19.5 Å². The van der Waals surface area contributed by atoms with Gasteiger partial charge in [0.2, 0.25) is 5.78 Å². The van der Waals surface area contributed by atoms with E-state index in [1.807, 2.05) is 39.0 Å². The number of amides is 1. The van der Waals surface area contributed by atoms with Crippen molar-refractivity contribution < 1.29 is 14.7 Å². The van der Waals surface area contributed by atoms with E-state index in [0.717, 1.165) is 16.1 Å². The first-order valence-electron chi connectivity index (χ1n) is 9.52. The molecule has 1 aromatic carbocycles. The summed E-state index contributed by atoms with van der Waals surface area (Å²) in [4.78, 5) is 37.0. The molecule has 152 valence electrons. The molecule has 0 aliphatic carbocycles. The molecule has 0 saturated heterocycles. The summed E-state index contributed by atoms with van der Waals surface area (Å²) in [5.74, 6) is -1.52. The number of Topliss-reactive ketones (excluding diaryl/α,β-unsaturated/α-hetero) is 1. The summed E-state index contributed by atoms with van der Waals surface area (Å²) in [5.41, 5.74) is 4.01. The number of thiazole rings is 1. The van der Waals surface area contributed by atoms with Gasteiger partial charge in [0.15, 0.2) is 5.76 Å². The third-order valence-electron chi connectivity index (χ3n) is 5.33. The highest BCUT2D eigenvalue weighted by molar-refractivity contribution is 7.14. The van der Waals surface area contributed by atoms with E-state index in [1.165, 1.54) is 16.2 Å². The molecule has 1 unspecified atom stereocenters. The molecule has 3 aromatic rings. The number of aliphatic hydroxyl groups excluding tert-OH is 1. The number of aromatic nitrogens is 2. The lowest BCUT2D eigenvalue weighted by Gasteiger charge is -2.27. The van der Waals surface area contributed by atoms with Gasteiger partial charge in [-0.25, -0.2) is 4.98 Å². The molecule has 2 aromatic heterocycles. The molecule has 0 saturated carbocycles. The first-order valence-corrected chi connectivity index (χ1v) is 10.3. The largest absolute Gasteiger partial charge is 0.503 e. The molecular formula is C23H21N3O3S. The average molecular weight is 420 g/mol. The molecular weight excluding hydrogens is 398 g/mol. The smallest absolute Gasteiger partial charge is 0.294 e. The van der Waals surface area contributed by atoms with Crippen molar-refractivity contribution in [1.82, 2.24) is 9.97 Å². The lowest BCUT2D eigenvalue weighted by molar-refractivity contribution is -0.117. The van der Waals surface area contributed by atoms with E-state index in [-0.39, 0.29) is 11.4 Å². The maximum absolute atomic E-state index is 13.5. The van der Waals surface area contributed by atoms with Crippen LogP contribution in [0.2, 0.25) is 0 Å². The molecule has 4 rings (SSSR count). The van der Waals surface area contributed by atoms with Crippen molar-refractivity contribution in [2.45, 2.75) is 33.7 Å². The highest BCUT2D eigenvalue weighted by atomic mass is 32.1. The Bertz CT molecular complexity index is 1200. The monoisotopic (exact) mass is 419 g/mol. The Morgan fingerprint density at radius 3 is 2.50 bits per heavy atom. The first-order chi connectivity index (χ1) is 14.3. The zero-order chi connectivity index (χ0) is 21.6. The summed E-state index contributed by atoms with van der Waals surface area (Å²) < 4.78 is 0. The van der Waals surface area contributed by atoms with E-state index >= 15 is 0 Å². The van der Waals surface area contributed by atoms with Crippen molar-refractivity contribution in [3.05, 3.63) is 86.3 Å². The number of carbonyl (C=O) groups excluding carboxylic acids is 2. The van der Waals surface area contributed by atoms with Gasteiger partial charge in [0.05, 0.1) is 27.2 Å². The number of aryl methyl sites for hydroxylation is 4. The number of nitrogens with zero attached hydrogens (tertiary/aromatic N) is 3. The number of ketones is 1. The number of hydrogen-bond acceptors (Lipinski definition) is 6. The van der Waals surface area contributed by atoms with Crippen molar-refractivity contribution in [2.24, 2.45) is 0 Å². The molecule has 0 radical (unpaired) electrons. The molecule has 6 nitrogen and oxygen atoms in total. The van der Waals surface area contributed by atoms with Gasteiger partial charge in [-0.15, -0.1) is 11.3 Å². The fourth-order valence-electron chi connectivity index (χ4n) is 3.70. The predicted molar refractivity (Wildman–Crippen MR) is 116 cm³/mol. The van der Waals surface area contributed by atoms with Crippen LogP contribution in [0.3, 0.4) is 0 Å². The number of rotatable bonds is 4. The minimum absolute atomic E-state index is 0.0537. The minimum atomic E-state index is -0.775. The molecule has 0 bridgehead atoms. The summed E-state index contributed by atoms with van der Waals surface area (Å²) >= 11 is 1.26. The Hall–Kier alpha value is -3.32. The van der Waals surface area contributed by atoms with E-state index in [4.69, 9.17) is 0 Å². The Morgan fingerprint density at radius 2 is 1.90 bits per heavy atom. The molecule has 0 spiro atoms.